The highest BCUT2D eigenvalue weighted by molar-refractivity contribution is 9.10. The molecule has 0 spiro atoms. The van der Waals surface area contributed by atoms with Crippen LogP contribution in [-0.4, -0.2) is 0 Å². The molecule has 1 rings (SSSR count). The molecule has 0 aliphatic rings. The van der Waals surface area contributed by atoms with Gasteiger partial charge in [-0.05, 0) is 28.1 Å². The molecule has 74 valence electrons. The lowest BCUT2D eigenvalue weighted by Crippen LogP contribution is -2.10. The van der Waals surface area contributed by atoms with Crippen LogP contribution in [0.5, 0.6) is 0 Å². The van der Waals surface area contributed by atoms with Gasteiger partial charge in [0.2, 0.25) is 0 Å². The topological polar surface area (TPSA) is 23.8 Å². The molecule has 0 radical (unpaired) electrons. The number of hydrogen-bond acceptors (Lipinski definition) is 1. The Kier molecular flexibility index (Phi) is 2.81. The van der Waals surface area contributed by atoms with E-state index in [4.69, 9.17) is 5.26 Å². The van der Waals surface area contributed by atoms with E-state index in [0.717, 1.165) is 12.1 Å². The minimum Gasteiger partial charge on any atom is -0.206 e. The molecular weight excluding hydrogens is 266 g/mol. The van der Waals surface area contributed by atoms with Crippen molar-refractivity contribution in [2.75, 3.05) is 0 Å². The van der Waals surface area contributed by atoms with Gasteiger partial charge in [-0.25, -0.2) is 4.39 Å². The van der Waals surface area contributed by atoms with Crippen molar-refractivity contribution in [3.63, 3.8) is 0 Å². The number of nitrogens with zero attached hydrogens (tertiary/aromatic N) is 1. The zero-order valence-electron chi connectivity index (χ0n) is 6.49. The van der Waals surface area contributed by atoms with E-state index >= 15 is 0 Å². The van der Waals surface area contributed by atoms with Crippen molar-refractivity contribution < 1.29 is 17.6 Å². The summed E-state index contributed by atoms with van der Waals surface area (Å²) in [6, 6.07) is 2.95. The molecule has 0 atom stereocenters. The van der Waals surface area contributed by atoms with Crippen molar-refractivity contribution in [1.29, 1.82) is 5.26 Å². The third-order valence-electron chi connectivity index (χ3n) is 1.50. The molecule has 14 heavy (non-hydrogen) atoms. The van der Waals surface area contributed by atoms with Crippen LogP contribution in [0.1, 0.15) is 11.1 Å². The zero-order valence-corrected chi connectivity index (χ0v) is 8.08. The molecule has 0 N–H and O–H groups in total. The minimum atomic E-state index is -4.74. The van der Waals surface area contributed by atoms with E-state index in [1.807, 2.05) is 0 Å². The minimum absolute atomic E-state index is 0.606. The number of alkyl halides is 3. The quantitative estimate of drug-likeness (QED) is 0.661. The van der Waals surface area contributed by atoms with Gasteiger partial charge in [0.25, 0.3) is 0 Å². The van der Waals surface area contributed by atoms with Crippen LogP contribution < -0.4 is 0 Å². The van der Waals surface area contributed by atoms with Crippen molar-refractivity contribution in [2.45, 2.75) is 6.18 Å². The first-order valence-corrected chi connectivity index (χ1v) is 4.12. The van der Waals surface area contributed by atoms with E-state index in [9.17, 15) is 17.6 Å². The number of halogens is 5. The molecule has 0 fully saturated rings. The van der Waals surface area contributed by atoms with Crippen LogP contribution in [0.4, 0.5) is 17.6 Å². The Bertz CT molecular complexity index is 405. The second-order valence-corrected chi connectivity index (χ2v) is 3.19. The third-order valence-corrected chi connectivity index (χ3v) is 2.27. The normalized spacial score (nSPS) is 11.1. The Labute approximate surface area is 85.1 Å². The molecule has 0 saturated heterocycles. The summed E-state index contributed by atoms with van der Waals surface area (Å²) in [7, 11) is 0. The van der Waals surface area contributed by atoms with E-state index in [1.54, 1.807) is 0 Å². The predicted molar refractivity (Wildman–Crippen MR) is 43.8 cm³/mol. The molecule has 0 amide bonds. The van der Waals surface area contributed by atoms with Gasteiger partial charge >= 0.3 is 6.18 Å². The van der Waals surface area contributed by atoms with Crippen molar-refractivity contribution in [1.82, 2.24) is 0 Å². The molecule has 0 heterocycles. The first kappa shape index (κ1) is 11.0. The van der Waals surface area contributed by atoms with Gasteiger partial charge in [-0.1, -0.05) is 0 Å². The number of nitriles is 1. The first-order chi connectivity index (χ1) is 6.38. The Morgan fingerprint density at radius 3 is 2.29 bits per heavy atom. The summed E-state index contributed by atoms with van der Waals surface area (Å²) in [5.74, 6) is -1.05. The standard InChI is InChI=1S/C8H2BrF4N/c9-7-5(10)2-1-4(3-14)6(7)8(11,12)13/h1-2H. The van der Waals surface area contributed by atoms with Crippen LogP contribution in [0.2, 0.25) is 0 Å². The summed E-state index contributed by atoms with van der Waals surface area (Å²) in [6.07, 6.45) is -4.74. The summed E-state index contributed by atoms with van der Waals surface area (Å²) in [5, 5.41) is 8.40. The van der Waals surface area contributed by atoms with Crippen LogP contribution in [-0.2, 0) is 6.18 Å². The molecule has 0 aliphatic carbocycles. The second-order valence-electron chi connectivity index (χ2n) is 2.39. The van der Waals surface area contributed by atoms with Gasteiger partial charge in [0.1, 0.15) is 5.82 Å². The Morgan fingerprint density at radius 2 is 1.86 bits per heavy atom. The van der Waals surface area contributed by atoms with E-state index in [-0.39, 0.29) is 0 Å². The summed E-state index contributed by atoms with van der Waals surface area (Å²) >= 11 is 2.46. The van der Waals surface area contributed by atoms with E-state index in [0.29, 0.717) is 0 Å². The van der Waals surface area contributed by atoms with Crippen LogP contribution >= 0.6 is 15.9 Å². The highest BCUT2D eigenvalue weighted by atomic mass is 79.9. The summed E-state index contributed by atoms with van der Waals surface area (Å²) < 4.78 is 49.0. The summed E-state index contributed by atoms with van der Waals surface area (Å²) in [6.45, 7) is 0. The molecule has 1 aromatic rings. The maximum absolute atomic E-state index is 12.8. The molecule has 0 aliphatic heterocycles. The first-order valence-electron chi connectivity index (χ1n) is 3.33. The molecule has 0 unspecified atom stereocenters. The summed E-state index contributed by atoms with van der Waals surface area (Å²) in [5.41, 5.74) is -1.88. The van der Waals surface area contributed by atoms with Gasteiger partial charge in [0, 0.05) is 0 Å². The van der Waals surface area contributed by atoms with Crippen molar-refractivity contribution in [3.05, 3.63) is 33.5 Å². The van der Waals surface area contributed by atoms with Crippen molar-refractivity contribution >= 4 is 15.9 Å². The maximum atomic E-state index is 12.8. The SMILES string of the molecule is N#Cc1ccc(F)c(Br)c1C(F)(F)F. The lowest BCUT2D eigenvalue weighted by Gasteiger charge is -2.10. The zero-order chi connectivity index (χ0) is 10.9. The highest BCUT2D eigenvalue weighted by Crippen LogP contribution is 2.38. The van der Waals surface area contributed by atoms with Crippen LogP contribution in [0, 0.1) is 17.1 Å². The molecule has 1 aromatic carbocycles. The Balaban J connectivity index is 3.54. The summed E-state index contributed by atoms with van der Waals surface area (Å²) in [4.78, 5) is 0. The van der Waals surface area contributed by atoms with Gasteiger partial charge in [0.15, 0.2) is 0 Å². The third kappa shape index (κ3) is 1.87. The smallest absolute Gasteiger partial charge is 0.206 e. The molecular formula is C8H2BrF4N. The Hall–Kier alpha value is -1.09. The van der Waals surface area contributed by atoms with Crippen molar-refractivity contribution in [2.24, 2.45) is 0 Å². The van der Waals surface area contributed by atoms with Gasteiger partial charge in [0.05, 0.1) is 21.7 Å². The lowest BCUT2D eigenvalue weighted by atomic mass is 10.1. The molecule has 0 saturated carbocycles. The highest BCUT2D eigenvalue weighted by Gasteiger charge is 2.37. The van der Waals surface area contributed by atoms with E-state index in [1.165, 1.54) is 6.07 Å². The molecule has 0 bridgehead atoms. The second kappa shape index (κ2) is 3.58. The van der Waals surface area contributed by atoms with Gasteiger partial charge < -0.3 is 0 Å². The van der Waals surface area contributed by atoms with E-state index in [2.05, 4.69) is 15.9 Å². The predicted octanol–water partition coefficient (Wildman–Crippen LogP) is 3.48. The lowest BCUT2D eigenvalue weighted by molar-refractivity contribution is -0.138. The fourth-order valence-corrected chi connectivity index (χ4v) is 1.49. The van der Waals surface area contributed by atoms with Crippen LogP contribution in [0.25, 0.3) is 0 Å². The largest absolute Gasteiger partial charge is 0.418 e. The molecule has 6 heteroatoms. The maximum Gasteiger partial charge on any atom is 0.418 e. The van der Waals surface area contributed by atoms with Crippen LogP contribution in [0.3, 0.4) is 0 Å². The fraction of sp³-hybridized carbons (Fsp3) is 0.125. The number of benzene rings is 1. The van der Waals surface area contributed by atoms with Crippen molar-refractivity contribution in [3.8, 4) is 6.07 Å². The average molecular weight is 268 g/mol. The number of hydrogen-bond donors (Lipinski definition) is 0. The monoisotopic (exact) mass is 267 g/mol. The van der Waals surface area contributed by atoms with Gasteiger partial charge in [-0.2, -0.15) is 18.4 Å². The van der Waals surface area contributed by atoms with Gasteiger partial charge in [-0.15, -0.1) is 0 Å². The average Bonchev–Trinajstić information content (AvgIpc) is 2.07. The van der Waals surface area contributed by atoms with Gasteiger partial charge in [-0.3, -0.25) is 0 Å². The molecule has 1 nitrogen and oxygen atoms in total. The molecule has 0 aromatic heterocycles. The van der Waals surface area contributed by atoms with E-state index < -0.39 is 27.6 Å². The Morgan fingerprint density at radius 1 is 1.29 bits per heavy atom. The van der Waals surface area contributed by atoms with Crippen LogP contribution in [0.15, 0.2) is 16.6 Å². The fourth-order valence-electron chi connectivity index (χ4n) is 0.921. The number of rotatable bonds is 0.